The second-order valence-corrected chi connectivity index (χ2v) is 13.8. The number of aromatic amines is 1. The van der Waals surface area contributed by atoms with Gasteiger partial charge in [0.2, 0.25) is 0 Å². The van der Waals surface area contributed by atoms with E-state index < -0.39 is 111 Å². The number of aromatic hydroxyl groups is 2. The minimum absolute atomic E-state index is 0.0472. The number of aliphatic hydroxyl groups is 9. The Balaban J connectivity index is 1.34. The molecule has 5 aromatic rings. The van der Waals surface area contributed by atoms with Crippen LogP contribution in [-0.2, 0) is 14.2 Å². The van der Waals surface area contributed by atoms with Gasteiger partial charge in [0.05, 0.1) is 65.7 Å². The third kappa shape index (κ3) is 5.42. The lowest BCUT2D eigenvalue weighted by molar-refractivity contribution is -0.346. The molecule has 0 aliphatic carbocycles. The standard InChI is InChI=1S/C35H38N4O16/c40-7-11(8-41)37-39-32(51)20-18-12-3-1-5-14(44)22(12)36-23(18)25-19(21(20)33(39)52)13-4-2-6-15(45)24(13)38(25)34-29(49)28(48)31(17(10-43)53-34)55-35-30(50)27(47)26(46)16(9-42)54-35/h1-6,11,16-17,26-31,34-37,40-50H,7-10H2/t16-,17-,26+,27+,28-,29-,30+,31-,34-,35?/m1/s1. The Hall–Kier alpha value is -4.52. The quantitative estimate of drug-likeness (QED) is 0.0668. The van der Waals surface area contributed by atoms with Crippen LogP contribution in [0.3, 0.4) is 0 Å². The van der Waals surface area contributed by atoms with Gasteiger partial charge in [-0.2, -0.15) is 0 Å². The minimum Gasteiger partial charge on any atom is -0.506 e. The van der Waals surface area contributed by atoms with Crippen molar-refractivity contribution in [2.75, 3.05) is 26.4 Å². The minimum atomic E-state index is -1.98. The number of ether oxygens (including phenoxy) is 3. The number of H-pyrrole nitrogens is 1. The van der Waals surface area contributed by atoms with Gasteiger partial charge in [-0.3, -0.25) is 9.59 Å². The van der Waals surface area contributed by atoms with Crippen molar-refractivity contribution >= 4 is 55.4 Å². The summed E-state index contributed by atoms with van der Waals surface area (Å²) in [6, 6.07) is 7.66. The average molecular weight is 771 g/mol. The predicted molar refractivity (Wildman–Crippen MR) is 185 cm³/mol. The molecule has 20 nitrogen and oxygen atoms in total. The Labute approximate surface area is 308 Å². The molecule has 55 heavy (non-hydrogen) atoms. The molecule has 2 aromatic heterocycles. The van der Waals surface area contributed by atoms with Crippen molar-refractivity contribution in [3.63, 3.8) is 0 Å². The van der Waals surface area contributed by atoms with E-state index in [0.29, 0.717) is 10.4 Å². The zero-order chi connectivity index (χ0) is 39.2. The van der Waals surface area contributed by atoms with Crippen molar-refractivity contribution in [2.45, 2.75) is 67.4 Å². The number of benzene rings is 3. The lowest BCUT2D eigenvalue weighted by Crippen LogP contribution is -2.63. The molecule has 20 heteroatoms. The van der Waals surface area contributed by atoms with E-state index in [1.807, 2.05) is 0 Å². The summed E-state index contributed by atoms with van der Waals surface area (Å²) in [6.45, 7) is -2.94. The third-order valence-electron chi connectivity index (χ3n) is 10.6. The zero-order valence-corrected chi connectivity index (χ0v) is 28.5. The largest absolute Gasteiger partial charge is 0.506 e. The van der Waals surface area contributed by atoms with Gasteiger partial charge in [-0.05, 0) is 12.1 Å². The Morgan fingerprint density at radius 1 is 0.709 bits per heavy atom. The summed E-state index contributed by atoms with van der Waals surface area (Å²) in [7, 11) is 0. The second-order valence-electron chi connectivity index (χ2n) is 13.8. The van der Waals surface area contributed by atoms with Crippen LogP contribution in [0.1, 0.15) is 26.9 Å². The molecule has 10 atom stereocenters. The van der Waals surface area contributed by atoms with E-state index in [9.17, 15) is 65.8 Å². The molecule has 2 fully saturated rings. The van der Waals surface area contributed by atoms with Crippen LogP contribution in [0, 0.1) is 0 Å². The molecule has 2 saturated heterocycles. The number of carbonyl (C=O) groups is 2. The first-order valence-electron chi connectivity index (χ1n) is 17.3. The first kappa shape index (κ1) is 37.4. The number of amides is 2. The van der Waals surface area contributed by atoms with Crippen LogP contribution in [-0.4, -0.2) is 170 Å². The first-order chi connectivity index (χ1) is 26.4. The molecular formula is C35H38N4O16. The third-order valence-corrected chi connectivity index (χ3v) is 10.6. The molecule has 8 rings (SSSR count). The number of imide groups is 1. The van der Waals surface area contributed by atoms with E-state index >= 15 is 0 Å². The van der Waals surface area contributed by atoms with Gasteiger partial charge < -0.3 is 79.9 Å². The molecule has 0 saturated carbocycles. The molecule has 3 aromatic carbocycles. The molecule has 1 unspecified atom stereocenters. The summed E-state index contributed by atoms with van der Waals surface area (Å²) >= 11 is 0. The van der Waals surface area contributed by atoms with Crippen molar-refractivity contribution in [2.24, 2.45) is 0 Å². The van der Waals surface area contributed by atoms with E-state index in [1.54, 1.807) is 6.07 Å². The smallest absolute Gasteiger partial charge is 0.276 e. The van der Waals surface area contributed by atoms with Gasteiger partial charge >= 0.3 is 0 Å². The SMILES string of the molecule is O=C1c2c(c3c4cccc(O)c4n([C@@H]4O[C@H](CO)[C@@H](OC5O[C@H](CO)[C@H](O)[C@H](O)[C@@H]5O)[C@H](O)[C@H]4O)c3c3[nH]c4c(O)cccc4c23)C(=O)N1NC(CO)CO. The van der Waals surface area contributed by atoms with E-state index in [1.165, 1.54) is 34.9 Å². The van der Waals surface area contributed by atoms with Gasteiger partial charge in [0.25, 0.3) is 11.8 Å². The van der Waals surface area contributed by atoms with Crippen LogP contribution in [0.25, 0.3) is 43.6 Å². The van der Waals surface area contributed by atoms with E-state index in [2.05, 4.69) is 10.4 Å². The van der Waals surface area contributed by atoms with E-state index in [0.717, 1.165) is 0 Å². The Morgan fingerprint density at radius 2 is 1.35 bits per heavy atom. The molecule has 0 spiro atoms. The number of aromatic nitrogens is 2. The van der Waals surface area contributed by atoms with Crippen molar-refractivity contribution in [1.82, 2.24) is 20.0 Å². The molecule has 0 radical (unpaired) electrons. The van der Waals surface area contributed by atoms with Crippen molar-refractivity contribution < 1.29 is 80.0 Å². The number of phenols is 2. The highest BCUT2D eigenvalue weighted by molar-refractivity contribution is 6.39. The Morgan fingerprint density at radius 3 is 2.00 bits per heavy atom. The summed E-state index contributed by atoms with van der Waals surface area (Å²) in [5.41, 5.74) is 2.52. The van der Waals surface area contributed by atoms with Gasteiger partial charge in [-0.25, -0.2) is 10.4 Å². The summed E-state index contributed by atoms with van der Waals surface area (Å²) in [5, 5.41) is 118. The van der Waals surface area contributed by atoms with Gasteiger partial charge in [-0.1, -0.05) is 24.3 Å². The summed E-state index contributed by atoms with van der Waals surface area (Å²) < 4.78 is 18.6. The van der Waals surface area contributed by atoms with Crippen LogP contribution in [0.2, 0.25) is 0 Å². The van der Waals surface area contributed by atoms with Gasteiger partial charge in [0.1, 0.15) is 60.3 Å². The lowest BCUT2D eigenvalue weighted by atomic mass is 9.95. The van der Waals surface area contributed by atoms with Crippen LogP contribution in [0.4, 0.5) is 0 Å². The monoisotopic (exact) mass is 770 g/mol. The summed E-state index contributed by atoms with van der Waals surface area (Å²) in [5.74, 6) is -2.39. The van der Waals surface area contributed by atoms with Crippen molar-refractivity contribution in [3.05, 3.63) is 47.5 Å². The molecule has 3 aliphatic heterocycles. The predicted octanol–water partition coefficient (Wildman–Crippen LogP) is -2.91. The molecule has 5 heterocycles. The number of hydrazine groups is 1. The normalized spacial score (nSPS) is 30.2. The maximum atomic E-state index is 14.3. The number of phenolic OH excluding ortho intramolecular Hbond substituents is 2. The number of hydrogen-bond acceptors (Lipinski definition) is 17. The van der Waals surface area contributed by atoms with E-state index in [4.69, 9.17) is 14.2 Å². The highest BCUT2D eigenvalue weighted by atomic mass is 16.7. The molecule has 0 bridgehead atoms. The molecule has 294 valence electrons. The van der Waals surface area contributed by atoms with Crippen LogP contribution in [0.5, 0.6) is 11.5 Å². The van der Waals surface area contributed by atoms with Crippen molar-refractivity contribution in [1.29, 1.82) is 0 Å². The Bertz CT molecular complexity index is 2320. The van der Waals surface area contributed by atoms with Crippen molar-refractivity contribution in [3.8, 4) is 11.5 Å². The first-order valence-corrected chi connectivity index (χ1v) is 17.3. The summed E-state index contributed by atoms with van der Waals surface area (Å²) in [6.07, 6.45) is -17.5. The summed E-state index contributed by atoms with van der Waals surface area (Å²) in [4.78, 5) is 31.6. The van der Waals surface area contributed by atoms with Crippen LogP contribution in [0.15, 0.2) is 36.4 Å². The number of nitrogens with zero attached hydrogens (tertiary/aromatic N) is 2. The molecule has 3 aliphatic rings. The highest BCUT2D eigenvalue weighted by Gasteiger charge is 2.52. The maximum absolute atomic E-state index is 14.3. The number of rotatable bonds is 9. The fourth-order valence-corrected chi connectivity index (χ4v) is 7.95. The topological polar surface area (TPSA) is 320 Å². The van der Waals surface area contributed by atoms with Crippen LogP contribution < -0.4 is 5.43 Å². The number of aliphatic hydroxyl groups excluding tert-OH is 9. The van der Waals surface area contributed by atoms with Crippen LogP contribution >= 0.6 is 0 Å². The Kier molecular flexibility index (Phi) is 9.45. The number of para-hydroxylation sites is 2. The molecular weight excluding hydrogens is 732 g/mol. The second kappa shape index (κ2) is 13.9. The molecule has 2 amide bonds. The fraction of sp³-hybridized carbons (Fsp3) is 0.429. The number of hydrogen-bond donors (Lipinski definition) is 13. The number of fused-ring (bicyclic) bond motifs is 10. The zero-order valence-electron chi connectivity index (χ0n) is 28.5. The lowest BCUT2D eigenvalue weighted by Gasteiger charge is -2.46. The highest BCUT2D eigenvalue weighted by Crippen LogP contribution is 2.49. The average Bonchev–Trinajstić information content (AvgIpc) is 3.81. The number of nitrogens with one attached hydrogen (secondary N) is 2. The van der Waals surface area contributed by atoms with Gasteiger partial charge in [0.15, 0.2) is 12.5 Å². The van der Waals surface area contributed by atoms with Gasteiger partial charge in [-0.15, -0.1) is 0 Å². The molecule has 13 N–H and O–H groups in total. The number of carbonyl (C=O) groups excluding carboxylic acids is 2. The maximum Gasteiger partial charge on any atom is 0.276 e. The van der Waals surface area contributed by atoms with Gasteiger partial charge in [0, 0.05) is 21.5 Å². The van der Waals surface area contributed by atoms with E-state index in [-0.39, 0.29) is 55.1 Å². The fourth-order valence-electron chi connectivity index (χ4n) is 7.95.